The van der Waals surface area contributed by atoms with Gasteiger partial charge in [0.25, 0.3) is 0 Å². The number of nitrogens with one attached hydrogen (secondary N) is 1. The van der Waals surface area contributed by atoms with Crippen LogP contribution in [0.25, 0.3) is 0 Å². The summed E-state index contributed by atoms with van der Waals surface area (Å²) in [5.41, 5.74) is -0.0804. The van der Waals surface area contributed by atoms with Gasteiger partial charge in [-0.15, -0.1) is 0 Å². The Morgan fingerprint density at radius 2 is 1.90 bits per heavy atom. The van der Waals surface area contributed by atoms with Crippen molar-refractivity contribution in [1.29, 1.82) is 0 Å². The molecule has 0 fully saturated rings. The second-order valence-electron chi connectivity index (χ2n) is 4.44. The van der Waals surface area contributed by atoms with Crippen molar-refractivity contribution in [3.63, 3.8) is 0 Å². The minimum Gasteiger partial charge on any atom is -0.489 e. The summed E-state index contributed by atoms with van der Waals surface area (Å²) in [5.74, 6) is -0.763. The highest BCUT2D eigenvalue weighted by molar-refractivity contribution is 7.89. The quantitative estimate of drug-likeness (QED) is 0.742. The normalized spacial score (nSPS) is 11.3. The maximum absolute atomic E-state index is 11.9. The minimum absolute atomic E-state index is 0.0804. The van der Waals surface area contributed by atoms with Crippen molar-refractivity contribution < 1.29 is 23.1 Å². The van der Waals surface area contributed by atoms with Gasteiger partial charge >= 0.3 is 5.97 Å². The fraction of sp³-hybridized carbons (Fsp3) is 0.308. The predicted octanol–water partition coefficient (Wildman–Crippen LogP) is 1.39. The highest BCUT2D eigenvalue weighted by Gasteiger charge is 2.15. The largest absolute Gasteiger partial charge is 0.489 e. The third kappa shape index (κ3) is 4.67. The zero-order chi connectivity index (χ0) is 15.3. The number of hydrogen-bond donors (Lipinski definition) is 2. The molecular formula is C13H17NO5S. The first-order valence-corrected chi connectivity index (χ1v) is 7.37. The van der Waals surface area contributed by atoms with Gasteiger partial charge < -0.3 is 9.84 Å². The van der Waals surface area contributed by atoms with Crippen LogP contribution in [-0.2, 0) is 14.8 Å². The van der Waals surface area contributed by atoms with Gasteiger partial charge in [-0.1, -0.05) is 6.58 Å². The molecule has 110 valence electrons. The van der Waals surface area contributed by atoms with E-state index in [0.717, 1.165) is 0 Å². The molecule has 0 heterocycles. The molecule has 1 aromatic carbocycles. The van der Waals surface area contributed by atoms with Gasteiger partial charge in [0.05, 0.1) is 10.5 Å². The number of benzene rings is 1. The standard InChI is InChI=1S/C13H17NO5S/c1-9(2)14-20(17,18)12-6-4-11(5-7-12)19-8-10(3)13(15)16/h4-7,9,14H,3,8H2,1-2H3,(H,15,16). The summed E-state index contributed by atoms with van der Waals surface area (Å²) in [6.07, 6.45) is 0. The molecule has 0 aliphatic carbocycles. The van der Waals surface area contributed by atoms with E-state index < -0.39 is 16.0 Å². The van der Waals surface area contributed by atoms with E-state index >= 15 is 0 Å². The van der Waals surface area contributed by atoms with Crippen molar-refractivity contribution in [2.24, 2.45) is 0 Å². The van der Waals surface area contributed by atoms with Crippen LogP contribution >= 0.6 is 0 Å². The SMILES string of the molecule is C=C(COc1ccc(S(=O)(=O)NC(C)C)cc1)C(=O)O. The Bertz CT molecular complexity index is 590. The van der Waals surface area contributed by atoms with E-state index in [2.05, 4.69) is 11.3 Å². The highest BCUT2D eigenvalue weighted by atomic mass is 32.2. The fourth-order valence-electron chi connectivity index (χ4n) is 1.33. The van der Waals surface area contributed by atoms with Crippen LogP contribution in [0, 0.1) is 0 Å². The summed E-state index contributed by atoms with van der Waals surface area (Å²) >= 11 is 0. The second kappa shape index (κ2) is 6.53. The van der Waals surface area contributed by atoms with Crippen molar-refractivity contribution in [3.8, 4) is 5.75 Å². The lowest BCUT2D eigenvalue weighted by Crippen LogP contribution is -2.30. The van der Waals surface area contributed by atoms with Crippen molar-refractivity contribution in [3.05, 3.63) is 36.4 Å². The molecule has 1 aromatic rings. The Kier molecular flexibility index (Phi) is 5.29. The third-order valence-corrected chi connectivity index (χ3v) is 3.91. The molecule has 0 radical (unpaired) electrons. The van der Waals surface area contributed by atoms with E-state index in [-0.39, 0.29) is 23.1 Å². The third-order valence-electron chi connectivity index (χ3n) is 2.24. The Balaban J connectivity index is 2.74. The number of ether oxygens (including phenoxy) is 1. The molecule has 2 N–H and O–H groups in total. The molecule has 6 nitrogen and oxygen atoms in total. The van der Waals surface area contributed by atoms with Crippen LogP contribution in [0.3, 0.4) is 0 Å². The lowest BCUT2D eigenvalue weighted by atomic mass is 10.3. The van der Waals surface area contributed by atoms with Gasteiger partial charge in [-0.25, -0.2) is 17.9 Å². The summed E-state index contributed by atoms with van der Waals surface area (Å²) in [6, 6.07) is 5.51. The van der Waals surface area contributed by atoms with Crippen LogP contribution in [0.5, 0.6) is 5.75 Å². The Morgan fingerprint density at radius 3 is 2.35 bits per heavy atom. The van der Waals surface area contributed by atoms with Crippen LogP contribution in [0.15, 0.2) is 41.3 Å². The monoisotopic (exact) mass is 299 g/mol. The van der Waals surface area contributed by atoms with E-state index in [1.807, 2.05) is 0 Å². The lowest BCUT2D eigenvalue weighted by molar-refractivity contribution is -0.133. The van der Waals surface area contributed by atoms with Gasteiger partial charge in [0.15, 0.2) is 0 Å². The van der Waals surface area contributed by atoms with Crippen LogP contribution in [-0.4, -0.2) is 32.1 Å². The number of rotatable bonds is 7. The molecule has 0 aromatic heterocycles. The molecule has 1 rings (SSSR count). The fourth-order valence-corrected chi connectivity index (χ4v) is 2.58. The van der Waals surface area contributed by atoms with E-state index in [0.29, 0.717) is 5.75 Å². The molecule has 0 atom stereocenters. The number of carboxylic acids is 1. The molecule has 0 saturated heterocycles. The number of aliphatic carboxylic acids is 1. The Labute approximate surface area is 118 Å². The van der Waals surface area contributed by atoms with Gasteiger partial charge in [0.2, 0.25) is 10.0 Å². The first-order valence-electron chi connectivity index (χ1n) is 5.88. The number of carboxylic acid groups (broad SMARTS) is 1. The molecule has 0 spiro atoms. The summed E-state index contributed by atoms with van der Waals surface area (Å²) in [6.45, 7) is 6.62. The average molecular weight is 299 g/mol. The van der Waals surface area contributed by atoms with Crippen molar-refractivity contribution in [2.45, 2.75) is 24.8 Å². The molecular weight excluding hydrogens is 282 g/mol. The number of carbonyl (C=O) groups is 1. The maximum Gasteiger partial charge on any atom is 0.334 e. The van der Waals surface area contributed by atoms with Crippen molar-refractivity contribution in [2.75, 3.05) is 6.61 Å². The van der Waals surface area contributed by atoms with Gasteiger partial charge in [-0.05, 0) is 38.1 Å². The van der Waals surface area contributed by atoms with Crippen LogP contribution in [0.1, 0.15) is 13.8 Å². The minimum atomic E-state index is -3.54. The summed E-state index contributed by atoms with van der Waals surface area (Å²) < 4.78 is 31.4. The Hall–Kier alpha value is -1.86. The second-order valence-corrected chi connectivity index (χ2v) is 6.16. The molecule has 0 amide bonds. The van der Waals surface area contributed by atoms with Crippen molar-refractivity contribution in [1.82, 2.24) is 4.72 Å². The summed E-state index contributed by atoms with van der Waals surface area (Å²) in [4.78, 5) is 10.7. The van der Waals surface area contributed by atoms with Gasteiger partial charge in [-0.2, -0.15) is 0 Å². The average Bonchev–Trinajstić information content (AvgIpc) is 2.34. The van der Waals surface area contributed by atoms with Gasteiger partial charge in [0, 0.05) is 6.04 Å². The maximum atomic E-state index is 11.9. The Morgan fingerprint density at radius 1 is 1.35 bits per heavy atom. The smallest absolute Gasteiger partial charge is 0.334 e. The van der Waals surface area contributed by atoms with E-state index in [1.54, 1.807) is 13.8 Å². The molecule has 0 aliphatic heterocycles. The molecule has 20 heavy (non-hydrogen) atoms. The predicted molar refractivity (Wildman–Crippen MR) is 74.2 cm³/mol. The molecule has 7 heteroatoms. The topological polar surface area (TPSA) is 92.7 Å². The van der Waals surface area contributed by atoms with E-state index in [1.165, 1.54) is 24.3 Å². The molecule has 0 unspecified atom stereocenters. The summed E-state index contributed by atoms with van der Waals surface area (Å²) in [7, 11) is -3.54. The zero-order valence-corrected chi connectivity index (χ0v) is 12.1. The van der Waals surface area contributed by atoms with Crippen LogP contribution in [0.2, 0.25) is 0 Å². The van der Waals surface area contributed by atoms with Gasteiger partial charge in [0.1, 0.15) is 12.4 Å². The molecule has 0 bridgehead atoms. The number of sulfonamides is 1. The first kappa shape index (κ1) is 16.2. The van der Waals surface area contributed by atoms with Crippen molar-refractivity contribution >= 4 is 16.0 Å². The number of hydrogen-bond acceptors (Lipinski definition) is 4. The lowest BCUT2D eigenvalue weighted by Gasteiger charge is -2.10. The zero-order valence-electron chi connectivity index (χ0n) is 11.3. The van der Waals surface area contributed by atoms with Crippen LogP contribution in [0.4, 0.5) is 0 Å². The van der Waals surface area contributed by atoms with E-state index in [9.17, 15) is 13.2 Å². The van der Waals surface area contributed by atoms with Gasteiger partial charge in [-0.3, -0.25) is 0 Å². The highest BCUT2D eigenvalue weighted by Crippen LogP contribution is 2.16. The molecule has 0 aliphatic rings. The summed E-state index contributed by atoms with van der Waals surface area (Å²) in [5, 5.41) is 8.63. The van der Waals surface area contributed by atoms with E-state index in [4.69, 9.17) is 9.84 Å². The first-order chi connectivity index (χ1) is 9.22. The molecule has 0 saturated carbocycles. The van der Waals surface area contributed by atoms with Crippen LogP contribution < -0.4 is 9.46 Å².